The molecule has 0 spiro atoms. The lowest BCUT2D eigenvalue weighted by atomic mass is 10.1. The molecular formula is C11H12F8O3. The van der Waals surface area contributed by atoms with Crippen LogP contribution in [0.1, 0.15) is 13.3 Å². The van der Waals surface area contributed by atoms with Gasteiger partial charge in [-0.1, -0.05) is 6.58 Å². The first kappa shape index (κ1) is 20.6. The van der Waals surface area contributed by atoms with Crippen molar-refractivity contribution < 1.29 is 49.4 Å². The minimum Gasteiger partial charge on any atom is -0.460 e. The van der Waals surface area contributed by atoms with Crippen LogP contribution in [0.15, 0.2) is 12.2 Å². The zero-order chi connectivity index (χ0) is 17.8. The Morgan fingerprint density at radius 1 is 1.09 bits per heavy atom. The van der Waals surface area contributed by atoms with E-state index in [1.807, 2.05) is 0 Å². The van der Waals surface area contributed by atoms with Crippen molar-refractivity contribution in [1.29, 1.82) is 0 Å². The average Bonchev–Trinajstić information content (AvgIpc) is 2.31. The number of esters is 1. The fraction of sp³-hybridized carbons (Fsp3) is 0.727. The van der Waals surface area contributed by atoms with Gasteiger partial charge in [0.1, 0.15) is 6.61 Å². The van der Waals surface area contributed by atoms with Crippen molar-refractivity contribution >= 4 is 5.97 Å². The summed E-state index contributed by atoms with van der Waals surface area (Å²) in [5.74, 6) is -6.72. The first-order chi connectivity index (χ1) is 9.71. The van der Waals surface area contributed by atoms with Gasteiger partial charge in [-0.15, -0.1) is 0 Å². The van der Waals surface area contributed by atoms with E-state index in [-0.39, 0.29) is 5.57 Å². The second-order valence-corrected chi connectivity index (χ2v) is 4.19. The van der Waals surface area contributed by atoms with Gasteiger partial charge in [0.25, 0.3) is 0 Å². The van der Waals surface area contributed by atoms with Crippen LogP contribution < -0.4 is 0 Å². The first-order valence-electron chi connectivity index (χ1n) is 5.63. The van der Waals surface area contributed by atoms with E-state index >= 15 is 0 Å². The summed E-state index contributed by atoms with van der Waals surface area (Å²) in [6.07, 6.45) is -17.9. The lowest BCUT2D eigenvalue weighted by Gasteiger charge is -2.28. The molecule has 0 aromatic rings. The summed E-state index contributed by atoms with van der Waals surface area (Å²) in [4.78, 5) is 10.8. The van der Waals surface area contributed by atoms with Crippen LogP contribution in [0, 0.1) is 0 Å². The Balaban J connectivity index is 4.57. The summed E-state index contributed by atoms with van der Waals surface area (Å²) < 4.78 is 108. The lowest BCUT2D eigenvalue weighted by Crippen LogP contribution is -2.51. The first-order valence-corrected chi connectivity index (χ1v) is 5.63. The van der Waals surface area contributed by atoms with Gasteiger partial charge >= 0.3 is 24.2 Å². The third-order valence-corrected chi connectivity index (χ3v) is 2.14. The Bertz CT molecular complexity index is 405. The second-order valence-electron chi connectivity index (χ2n) is 4.19. The maximum atomic E-state index is 13.0. The largest absolute Gasteiger partial charge is 0.460 e. The number of rotatable bonds is 8. The van der Waals surface area contributed by atoms with Crippen LogP contribution in [-0.4, -0.2) is 43.6 Å². The molecule has 0 aliphatic heterocycles. The van der Waals surface area contributed by atoms with E-state index in [1.165, 1.54) is 6.92 Å². The molecule has 0 amide bonds. The van der Waals surface area contributed by atoms with Crippen LogP contribution in [0.25, 0.3) is 0 Å². The van der Waals surface area contributed by atoms with E-state index in [2.05, 4.69) is 16.1 Å². The van der Waals surface area contributed by atoms with Gasteiger partial charge in [-0.3, -0.25) is 0 Å². The fourth-order valence-corrected chi connectivity index (χ4v) is 1.04. The quantitative estimate of drug-likeness (QED) is 0.292. The second kappa shape index (κ2) is 7.25. The van der Waals surface area contributed by atoms with Crippen molar-refractivity contribution in [3.05, 3.63) is 12.2 Å². The average molecular weight is 344 g/mol. The number of alkyl halides is 8. The van der Waals surface area contributed by atoms with Crippen molar-refractivity contribution in [1.82, 2.24) is 0 Å². The maximum absolute atomic E-state index is 13.0. The van der Waals surface area contributed by atoms with Crippen LogP contribution in [0.2, 0.25) is 0 Å². The van der Waals surface area contributed by atoms with Gasteiger partial charge < -0.3 is 9.47 Å². The Morgan fingerprint density at radius 3 is 2.00 bits per heavy atom. The summed E-state index contributed by atoms with van der Waals surface area (Å²) in [7, 11) is 0. The molecule has 0 saturated carbocycles. The van der Waals surface area contributed by atoms with Crippen LogP contribution >= 0.6 is 0 Å². The Hall–Kier alpha value is -1.39. The molecule has 0 aromatic carbocycles. The fourth-order valence-electron chi connectivity index (χ4n) is 1.04. The molecule has 0 radical (unpaired) electrons. The van der Waals surface area contributed by atoms with Crippen LogP contribution in [0.5, 0.6) is 0 Å². The predicted molar refractivity (Wildman–Crippen MR) is 57.2 cm³/mol. The van der Waals surface area contributed by atoms with E-state index in [0.29, 0.717) is 0 Å². The molecule has 0 bridgehead atoms. The van der Waals surface area contributed by atoms with Gasteiger partial charge in [0, 0.05) is 5.57 Å². The number of halogens is 8. The molecule has 1 atom stereocenters. The topological polar surface area (TPSA) is 35.5 Å². The molecule has 0 aliphatic carbocycles. The Morgan fingerprint density at radius 2 is 1.59 bits per heavy atom. The third kappa shape index (κ3) is 6.16. The smallest absolute Gasteiger partial charge is 0.422 e. The zero-order valence-electron chi connectivity index (χ0n) is 11.2. The van der Waals surface area contributed by atoms with Crippen molar-refractivity contribution in [2.75, 3.05) is 13.2 Å². The SMILES string of the molecule is C=C(C)C(=O)OCCOC(F)(F)C(F)(F)C(F)CC(F)(F)F. The molecule has 130 valence electrons. The van der Waals surface area contributed by atoms with E-state index in [0.717, 1.165) is 0 Å². The Labute approximate surface area is 119 Å². The molecule has 0 rings (SSSR count). The van der Waals surface area contributed by atoms with Crippen molar-refractivity contribution in [2.45, 2.75) is 37.7 Å². The molecule has 11 heteroatoms. The number of hydrogen-bond acceptors (Lipinski definition) is 3. The van der Waals surface area contributed by atoms with Gasteiger partial charge in [-0.05, 0) is 6.92 Å². The molecule has 1 unspecified atom stereocenters. The molecule has 0 fully saturated rings. The van der Waals surface area contributed by atoms with E-state index in [1.54, 1.807) is 0 Å². The Kier molecular flexibility index (Phi) is 6.79. The summed E-state index contributed by atoms with van der Waals surface area (Å²) in [6.45, 7) is 2.19. The van der Waals surface area contributed by atoms with Gasteiger partial charge in [0.05, 0.1) is 13.0 Å². The highest BCUT2D eigenvalue weighted by Gasteiger charge is 2.65. The molecule has 0 N–H and O–H groups in total. The number of carbonyl (C=O) groups is 1. The van der Waals surface area contributed by atoms with Crippen molar-refractivity contribution in [2.24, 2.45) is 0 Å². The standard InChI is InChI=1S/C11H12F8O3/c1-6(2)8(20)21-3-4-22-11(18,19)10(16,17)7(12)5-9(13,14)15/h7H,1,3-5H2,2H3. The van der Waals surface area contributed by atoms with Crippen LogP contribution in [0.4, 0.5) is 35.1 Å². The number of ether oxygens (including phenoxy) is 2. The molecule has 3 nitrogen and oxygen atoms in total. The van der Waals surface area contributed by atoms with Crippen LogP contribution in [-0.2, 0) is 14.3 Å². The van der Waals surface area contributed by atoms with Gasteiger partial charge in [-0.2, -0.15) is 30.7 Å². The summed E-state index contributed by atoms with van der Waals surface area (Å²) in [6, 6.07) is 0. The maximum Gasteiger partial charge on any atom is 0.422 e. The molecule has 0 aliphatic rings. The van der Waals surface area contributed by atoms with E-state index in [4.69, 9.17) is 0 Å². The highest BCUT2D eigenvalue weighted by atomic mass is 19.4. The highest BCUT2D eigenvalue weighted by molar-refractivity contribution is 5.86. The van der Waals surface area contributed by atoms with Crippen molar-refractivity contribution in [3.63, 3.8) is 0 Å². The zero-order valence-corrected chi connectivity index (χ0v) is 11.2. The molecule has 0 aromatic heterocycles. The lowest BCUT2D eigenvalue weighted by molar-refractivity contribution is -0.367. The monoisotopic (exact) mass is 344 g/mol. The molecular weight excluding hydrogens is 332 g/mol. The predicted octanol–water partition coefficient (Wildman–Crippen LogP) is 3.64. The minimum absolute atomic E-state index is 0.105. The van der Waals surface area contributed by atoms with E-state index in [9.17, 15) is 39.9 Å². The van der Waals surface area contributed by atoms with Gasteiger partial charge in [0.2, 0.25) is 0 Å². The van der Waals surface area contributed by atoms with E-state index < -0.39 is 50.0 Å². The summed E-state index contributed by atoms with van der Waals surface area (Å²) in [5, 5.41) is 0. The van der Waals surface area contributed by atoms with Crippen molar-refractivity contribution in [3.8, 4) is 0 Å². The summed E-state index contributed by atoms with van der Waals surface area (Å²) >= 11 is 0. The molecule has 0 heterocycles. The normalized spacial score (nSPS) is 14.6. The molecule has 0 saturated heterocycles. The van der Waals surface area contributed by atoms with Crippen LogP contribution in [0.3, 0.4) is 0 Å². The third-order valence-electron chi connectivity index (χ3n) is 2.14. The molecule has 22 heavy (non-hydrogen) atoms. The number of hydrogen-bond donors (Lipinski definition) is 0. The van der Waals surface area contributed by atoms with Gasteiger partial charge in [-0.25, -0.2) is 9.18 Å². The summed E-state index contributed by atoms with van der Waals surface area (Å²) in [5.41, 5.74) is -0.105. The van der Waals surface area contributed by atoms with Gasteiger partial charge in [0.15, 0.2) is 6.17 Å². The highest BCUT2D eigenvalue weighted by Crippen LogP contribution is 2.42. The minimum atomic E-state index is -5.71. The number of carbonyl (C=O) groups excluding carboxylic acids is 1.